The molecular weight excluding hydrogens is 316 g/mol. The Morgan fingerprint density at radius 3 is 2.87 bits per heavy atom. The topological polar surface area (TPSA) is 85.6 Å². The molecule has 0 amide bonds. The first-order valence-electron chi connectivity index (χ1n) is 7.05. The molecule has 8 heteroatoms. The Morgan fingerprint density at radius 2 is 2.13 bits per heavy atom. The lowest BCUT2D eigenvalue weighted by Gasteiger charge is -2.11. The van der Waals surface area contributed by atoms with Crippen molar-refractivity contribution in [2.24, 2.45) is 0 Å². The lowest BCUT2D eigenvalue weighted by Crippen LogP contribution is -2.14. The lowest BCUT2D eigenvalue weighted by molar-refractivity contribution is 0.337. The van der Waals surface area contributed by atoms with E-state index in [9.17, 15) is 8.42 Å². The van der Waals surface area contributed by atoms with Crippen molar-refractivity contribution < 1.29 is 13.2 Å². The summed E-state index contributed by atoms with van der Waals surface area (Å²) in [4.78, 5) is 4.29. The zero-order valence-electron chi connectivity index (χ0n) is 12.7. The van der Waals surface area contributed by atoms with Crippen LogP contribution in [0.5, 0.6) is 5.75 Å². The average Bonchev–Trinajstić information content (AvgIpc) is 2.96. The maximum Gasteiger partial charge on any atom is 0.262 e. The Labute approximate surface area is 134 Å². The molecule has 0 bridgehead atoms. The van der Waals surface area contributed by atoms with E-state index in [4.69, 9.17) is 4.74 Å². The van der Waals surface area contributed by atoms with Crippen LogP contribution in [0.15, 0.2) is 47.8 Å². The molecule has 0 aliphatic rings. The van der Waals surface area contributed by atoms with Gasteiger partial charge in [-0.25, -0.2) is 17.9 Å². The zero-order valence-corrected chi connectivity index (χ0v) is 13.5. The van der Waals surface area contributed by atoms with E-state index in [0.717, 1.165) is 5.56 Å². The Morgan fingerprint density at radius 1 is 1.30 bits per heavy atom. The van der Waals surface area contributed by atoms with Crippen molar-refractivity contribution in [2.45, 2.75) is 18.7 Å². The fourth-order valence-corrected chi connectivity index (χ4v) is 3.30. The van der Waals surface area contributed by atoms with Gasteiger partial charge in [-0.05, 0) is 37.6 Å². The van der Waals surface area contributed by atoms with E-state index in [1.807, 2.05) is 6.92 Å². The van der Waals surface area contributed by atoms with Crippen LogP contribution in [0.4, 0.5) is 5.69 Å². The van der Waals surface area contributed by atoms with Crippen LogP contribution in [0.2, 0.25) is 0 Å². The van der Waals surface area contributed by atoms with Crippen molar-refractivity contribution in [3.05, 3.63) is 48.4 Å². The van der Waals surface area contributed by atoms with Gasteiger partial charge in [0.15, 0.2) is 5.65 Å². The summed E-state index contributed by atoms with van der Waals surface area (Å²) in [5.41, 5.74) is 1.74. The average molecular weight is 332 g/mol. The summed E-state index contributed by atoms with van der Waals surface area (Å²) in [6.45, 7) is 4.21. The van der Waals surface area contributed by atoms with Crippen molar-refractivity contribution >= 4 is 21.4 Å². The SMILES string of the molecule is CCOc1ccc(S(=O)(=O)Nc2cnc3ccnn3c2)cc1C. The number of rotatable bonds is 5. The molecule has 0 saturated heterocycles. The van der Waals surface area contributed by atoms with Gasteiger partial charge >= 0.3 is 0 Å². The molecule has 0 aliphatic carbocycles. The van der Waals surface area contributed by atoms with Crippen LogP contribution in [0.3, 0.4) is 0 Å². The normalized spacial score (nSPS) is 11.6. The number of anilines is 1. The highest BCUT2D eigenvalue weighted by molar-refractivity contribution is 7.92. The van der Waals surface area contributed by atoms with Gasteiger partial charge in [0, 0.05) is 6.07 Å². The first-order chi connectivity index (χ1) is 11.0. The third-order valence-electron chi connectivity index (χ3n) is 3.26. The van der Waals surface area contributed by atoms with E-state index >= 15 is 0 Å². The van der Waals surface area contributed by atoms with Crippen molar-refractivity contribution in [2.75, 3.05) is 11.3 Å². The monoisotopic (exact) mass is 332 g/mol. The summed E-state index contributed by atoms with van der Waals surface area (Å²) < 4.78 is 34.4. The van der Waals surface area contributed by atoms with Gasteiger partial charge in [-0.3, -0.25) is 4.72 Å². The third-order valence-corrected chi connectivity index (χ3v) is 4.63. The molecule has 0 unspecified atom stereocenters. The van der Waals surface area contributed by atoms with Gasteiger partial charge in [0.25, 0.3) is 10.0 Å². The number of benzene rings is 1. The molecule has 3 aromatic rings. The number of hydrogen-bond donors (Lipinski definition) is 1. The fraction of sp³-hybridized carbons (Fsp3) is 0.200. The summed E-state index contributed by atoms with van der Waals surface area (Å²) in [6, 6.07) is 6.48. The van der Waals surface area contributed by atoms with Crippen LogP contribution in [0.1, 0.15) is 12.5 Å². The van der Waals surface area contributed by atoms with Crippen molar-refractivity contribution in [1.82, 2.24) is 14.6 Å². The third kappa shape index (κ3) is 3.11. The number of nitrogens with zero attached hydrogens (tertiary/aromatic N) is 3. The summed E-state index contributed by atoms with van der Waals surface area (Å²) in [5, 5.41) is 4.03. The molecule has 0 aliphatic heterocycles. The molecule has 23 heavy (non-hydrogen) atoms. The molecule has 2 heterocycles. The molecule has 0 fully saturated rings. The highest BCUT2D eigenvalue weighted by Crippen LogP contribution is 2.23. The van der Waals surface area contributed by atoms with Gasteiger partial charge in [-0.2, -0.15) is 5.10 Å². The highest BCUT2D eigenvalue weighted by Gasteiger charge is 2.16. The van der Waals surface area contributed by atoms with Gasteiger partial charge in [0.2, 0.25) is 0 Å². The van der Waals surface area contributed by atoms with Gasteiger partial charge in [0.1, 0.15) is 5.75 Å². The van der Waals surface area contributed by atoms with Crippen LogP contribution >= 0.6 is 0 Å². The largest absolute Gasteiger partial charge is 0.494 e. The van der Waals surface area contributed by atoms with E-state index in [-0.39, 0.29) is 4.90 Å². The van der Waals surface area contributed by atoms with Crippen molar-refractivity contribution in [1.29, 1.82) is 0 Å². The minimum atomic E-state index is -3.71. The Hall–Kier alpha value is -2.61. The minimum Gasteiger partial charge on any atom is -0.494 e. The first-order valence-corrected chi connectivity index (χ1v) is 8.53. The fourth-order valence-electron chi connectivity index (χ4n) is 2.18. The van der Waals surface area contributed by atoms with Gasteiger partial charge in [-0.15, -0.1) is 0 Å². The molecule has 0 atom stereocenters. The Bertz CT molecular complexity index is 950. The molecule has 2 aromatic heterocycles. The van der Waals surface area contributed by atoms with Crippen LogP contribution in [-0.2, 0) is 10.0 Å². The smallest absolute Gasteiger partial charge is 0.262 e. The number of nitrogens with one attached hydrogen (secondary N) is 1. The molecule has 0 saturated carbocycles. The summed E-state index contributed by atoms with van der Waals surface area (Å²) in [5.74, 6) is 0.672. The zero-order chi connectivity index (χ0) is 16.4. The minimum absolute atomic E-state index is 0.166. The first kappa shape index (κ1) is 15.3. The molecular formula is C15H16N4O3S. The summed E-state index contributed by atoms with van der Waals surface area (Å²) >= 11 is 0. The molecule has 0 radical (unpaired) electrons. The lowest BCUT2D eigenvalue weighted by atomic mass is 10.2. The number of fused-ring (bicyclic) bond motifs is 1. The van der Waals surface area contributed by atoms with E-state index in [0.29, 0.717) is 23.7 Å². The predicted octanol–water partition coefficient (Wildman–Crippen LogP) is 2.24. The Balaban J connectivity index is 1.90. The highest BCUT2D eigenvalue weighted by atomic mass is 32.2. The molecule has 3 rings (SSSR count). The second-order valence-electron chi connectivity index (χ2n) is 4.94. The molecule has 1 N–H and O–H groups in total. The number of aryl methyl sites for hydroxylation is 1. The van der Waals surface area contributed by atoms with E-state index in [1.165, 1.54) is 16.8 Å². The van der Waals surface area contributed by atoms with Crippen LogP contribution in [0.25, 0.3) is 5.65 Å². The van der Waals surface area contributed by atoms with E-state index in [2.05, 4.69) is 14.8 Å². The second-order valence-corrected chi connectivity index (χ2v) is 6.62. The maximum absolute atomic E-state index is 12.5. The second kappa shape index (κ2) is 5.88. The number of hydrogen-bond acceptors (Lipinski definition) is 5. The standard InChI is InChI=1S/C15H16N4O3S/c1-3-22-14-5-4-13(8-11(14)2)23(20,21)18-12-9-16-15-6-7-17-19(15)10-12/h4-10,18H,3H2,1-2H3. The van der Waals surface area contributed by atoms with Gasteiger partial charge < -0.3 is 4.74 Å². The maximum atomic E-state index is 12.5. The van der Waals surface area contributed by atoms with Crippen molar-refractivity contribution in [3.8, 4) is 5.75 Å². The number of ether oxygens (including phenoxy) is 1. The van der Waals surface area contributed by atoms with E-state index < -0.39 is 10.0 Å². The van der Waals surface area contributed by atoms with Crippen LogP contribution in [-0.4, -0.2) is 29.6 Å². The van der Waals surface area contributed by atoms with Crippen LogP contribution < -0.4 is 9.46 Å². The molecule has 120 valence electrons. The van der Waals surface area contributed by atoms with Gasteiger partial charge in [0.05, 0.1) is 35.8 Å². The number of sulfonamides is 1. The quantitative estimate of drug-likeness (QED) is 0.774. The summed E-state index contributed by atoms with van der Waals surface area (Å²) in [6.07, 6.45) is 4.62. The molecule has 1 aromatic carbocycles. The summed E-state index contributed by atoms with van der Waals surface area (Å²) in [7, 11) is -3.71. The number of aromatic nitrogens is 3. The van der Waals surface area contributed by atoms with Crippen LogP contribution in [0, 0.1) is 6.92 Å². The van der Waals surface area contributed by atoms with E-state index in [1.54, 1.807) is 37.5 Å². The molecule has 7 nitrogen and oxygen atoms in total. The predicted molar refractivity (Wildman–Crippen MR) is 86.1 cm³/mol. The van der Waals surface area contributed by atoms with Gasteiger partial charge in [-0.1, -0.05) is 0 Å². The Kier molecular flexibility index (Phi) is 3.91. The van der Waals surface area contributed by atoms with Crippen molar-refractivity contribution in [3.63, 3.8) is 0 Å². The molecule has 0 spiro atoms.